The van der Waals surface area contributed by atoms with Crippen LogP contribution in [0.1, 0.15) is 27.9 Å². The van der Waals surface area contributed by atoms with Gasteiger partial charge in [-0.1, -0.05) is 12.1 Å². The zero-order valence-electron chi connectivity index (χ0n) is 18.6. The van der Waals surface area contributed by atoms with Crippen molar-refractivity contribution in [1.82, 2.24) is 9.80 Å². The summed E-state index contributed by atoms with van der Waals surface area (Å²) in [7, 11) is 3.10. The predicted octanol–water partition coefficient (Wildman–Crippen LogP) is 3.07. The van der Waals surface area contributed by atoms with Gasteiger partial charge in [0.25, 0.3) is 5.91 Å². The van der Waals surface area contributed by atoms with Crippen molar-refractivity contribution < 1.29 is 23.8 Å². The van der Waals surface area contributed by atoms with Crippen molar-refractivity contribution >= 4 is 11.8 Å². The van der Waals surface area contributed by atoms with Crippen LogP contribution >= 0.6 is 0 Å². The number of ether oxygens (including phenoxy) is 3. The maximum absolute atomic E-state index is 12.8. The molecule has 0 radical (unpaired) electrons. The Morgan fingerprint density at radius 3 is 2.23 bits per heavy atom. The number of carbonyl (C=O) groups excluding carboxylic acids is 2. The van der Waals surface area contributed by atoms with Crippen LogP contribution in [0.3, 0.4) is 0 Å². The molecule has 0 N–H and O–H groups in total. The molecule has 3 rings (SSSR count). The van der Waals surface area contributed by atoms with Crippen LogP contribution in [-0.4, -0.2) is 68.6 Å². The Hall–Kier alpha value is -3.22. The van der Waals surface area contributed by atoms with Crippen LogP contribution in [-0.2, 0) is 4.79 Å². The van der Waals surface area contributed by atoms with Gasteiger partial charge in [0.05, 0.1) is 27.2 Å². The van der Waals surface area contributed by atoms with E-state index in [1.807, 2.05) is 32.0 Å². The molecule has 0 saturated carbocycles. The molecule has 1 aliphatic rings. The van der Waals surface area contributed by atoms with Gasteiger partial charge in [-0.3, -0.25) is 9.59 Å². The first-order valence-corrected chi connectivity index (χ1v) is 10.4. The molecule has 2 aromatic rings. The summed E-state index contributed by atoms with van der Waals surface area (Å²) in [4.78, 5) is 28.9. The van der Waals surface area contributed by atoms with E-state index in [0.29, 0.717) is 56.3 Å². The Balaban J connectivity index is 1.49. The molecule has 0 unspecified atom stereocenters. The molecule has 0 aromatic heterocycles. The van der Waals surface area contributed by atoms with Gasteiger partial charge in [-0.25, -0.2) is 0 Å². The lowest BCUT2D eigenvalue weighted by atomic mass is 10.1. The fourth-order valence-corrected chi connectivity index (χ4v) is 3.60. The summed E-state index contributed by atoms with van der Waals surface area (Å²) in [6.45, 7) is 6.42. The van der Waals surface area contributed by atoms with E-state index in [1.54, 1.807) is 42.2 Å². The predicted molar refractivity (Wildman–Crippen MR) is 118 cm³/mol. The SMILES string of the molecule is COc1ccc(C(=O)N2CCN(C(=O)CCOc3cccc(C)c3C)CC2)cc1OC. The third-order valence-electron chi connectivity index (χ3n) is 5.68. The molecule has 7 nitrogen and oxygen atoms in total. The lowest BCUT2D eigenvalue weighted by molar-refractivity contribution is -0.133. The van der Waals surface area contributed by atoms with Crippen LogP contribution in [0, 0.1) is 13.8 Å². The van der Waals surface area contributed by atoms with Crippen LogP contribution in [0.5, 0.6) is 17.2 Å². The minimum atomic E-state index is -0.0775. The zero-order valence-corrected chi connectivity index (χ0v) is 18.6. The summed E-state index contributed by atoms with van der Waals surface area (Å²) in [6, 6.07) is 11.0. The highest BCUT2D eigenvalue weighted by atomic mass is 16.5. The third kappa shape index (κ3) is 5.29. The Labute approximate surface area is 183 Å². The van der Waals surface area contributed by atoms with Crippen LogP contribution in [0.4, 0.5) is 0 Å². The number of piperazine rings is 1. The van der Waals surface area contributed by atoms with E-state index in [-0.39, 0.29) is 11.8 Å². The van der Waals surface area contributed by atoms with Gasteiger partial charge in [-0.15, -0.1) is 0 Å². The number of hydrogen-bond acceptors (Lipinski definition) is 5. The molecule has 7 heteroatoms. The number of aryl methyl sites for hydroxylation is 1. The zero-order chi connectivity index (χ0) is 22.4. The van der Waals surface area contributed by atoms with E-state index < -0.39 is 0 Å². The summed E-state index contributed by atoms with van der Waals surface area (Å²) in [6.07, 6.45) is 0.316. The number of methoxy groups -OCH3 is 2. The summed E-state index contributed by atoms with van der Waals surface area (Å²) in [5.41, 5.74) is 2.80. The van der Waals surface area contributed by atoms with E-state index in [0.717, 1.165) is 11.3 Å². The normalized spacial score (nSPS) is 13.7. The Bertz CT molecular complexity index is 936. The smallest absolute Gasteiger partial charge is 0.254 e. The van der Waals surface area contributed by atoms with Gasteiger partial charge in [0.15, 0.2) is 11.5 Å². The van der Waals surface area contributed by atoms with Crippen LogP contribution in [0.2, 0.25) is 0 Å². The van der Waals surface area contributed by atoms with Crippen molar-refractivity contribution in [2.75, 3.05) is 47.0 Å². The maximum Gasteiger partial charge on any atom is 0.254 e. The largest absolute Gasteiger partial charge is 0.493 e. The van der Waals surface area contributed by atoms with Crippen molar-refractivity contribution in [2.45, 2.75) is 20.3 Å². The molecule has 0 atom stereocenters. The first kappa shape index (κ1) is 22.5. The van der Waals surface area contributed by atoms with E-state index in [2.05, 4.69) is 0 Å². The quantitative estimate of drug-likeness (QED) is 0.681. The monoisotopic (exact) mass is 426 g/mol. The van der Waals surface area contributed by atoms with Gasteiger partial charge < -0.3 is 24.0 Å². The Morgan fingerprint density at radius 1 is 0.871 bits per heavy atom. The first-order valence-electron chi connectivity index (χ1n) is 10.4. The molecule has 0 aliphatic carbocycles. The van der Waals surface area contributed by atoms with E-state index >= 15 is 0 Å². The molecule has 1 aliphatic heterocycles. The highest BCUT2D eigenvalue weighted by molar-refractivity contribution is 5.95. The molecular weight excluding hydrogens is 396 g/mol. The molecule has 0 spiro atoms. The van der Waals surface area contributed by atoms with Crippen molar-refractivity contribution in [2.24, 2.45) is 0 Å². The highest BCUT2D eigenvalue weighted by Gasteiger charge is 2.25. The Morgan fingerprint density at radius 2 is 1.55 bits per heavy atom. The minimum absolute atomic E-state index is 0.0449. The molecule has 1 fully saturated rings. The number of amides is 2. The van der Waals surface area contributed by atoms with Gasteiger partial charge in [-0.05, 0) is 49.2 Å². The van der Waals surface area contributed by atoms with Crippen molar-refractivity contribution in [3.05, 3.63) is 53.1 Å². The van der Waals surface area contributed by atoms with E-state index in [9.17, 15) is 9.59 Å². The second-order valence-electron chi connectivity index (χ2n) is 7.54. The van der Waals surface area contributed by atoms with Gasteiger partial charge in [0.1, 0.15) is 5.75 Å². The molecule has 166 valence electrons. The van der Waals surface area contributed by atoms with Gasteiger partial charge in [0, 0.05) is 31.7 Å². The van der Waals surface area contributed by atoms with E-state index in [1.165, 1.54) is 5.56 Å². The van der Waals surface area contributed by atoms with Crippen LogP contribution in [0.15, 0.2) is 36.4 Å². The fourth-order valence-electron chi connectivity index (χ4n) is 3.60. The van der Waals surface area contributed by atoms with Crippen molar-refractivity contribution in [1.29, 1.82) is 0 Å². The standard InChI is InChI=1S/C24H30N2O5/c1-17-6-5-7-20(18(17)2)31-15-10-23(27)25-11-13-26(14-12-25)24(28)19-8-9-21(29-3)22(16-19)30-4/h5-9,16H,10-15H2,1-4H3. The van der Waals surface area contributed by atoms with Crippen LogP contribution < -0.4 is 14.2 Å². The topological polar surface area (TPSA) is 68.3 Å². The molecular formula is C24H30N2O5. The lowest BCUT2D eigenvalue weighted by Crippen LogP contribution is -2.50. The summed E-state index contributed by atoms with van der Waals surface area (Å²) in [5, 5.41) is 0. The molecule has 1 heterocycles. The third-order valence-corrected chi connectivity index (χ3v) is 5.68. The summed E-state index contributed by atoms with van der Waals surface area (Å²) >= 11 is 0. The average molecular weight is 427 g/mol. The summed E-state index contributed by atoms with van der Waals surface area (Å²) in [5.74, 6) is 1.89. The molecule has 2 aromatic carbocycles. The minimum Gasteiger partial charge on any atom is -0.493 e. The van der Waals surface area contributed by atoms with Crippen molar-refractivity contribution in [3.8, 4) is 17.2 Å². The summed E-state index contributed by atoms with van der Waals surface area (Å²) < 4.78 is 16.3. The molecule has 0 bridgehead atoms. The number of benzene rings is 2. The number of carbonyl (C=O) groups is 2. The number of hydrogen-bond donors (Lipinski definition) is 0. The number of rotatable bonds is 7. The molecule has 1 saturated heterocycles. The van der Waals surface area contributed by atoms with Gasteiger partial charge in [0.2, 0.25) is 5.91 Å². The maximum atomic E-state index is 12.8. The second-order valence-corrected chi connectivity index (χ2v) is 7.54. The fraction of sp³-hybridized carbons (Fsp3) is 0.417. The number of nitrogens with zero attached hydrogens (tertiary/aromatic N) is 2. The molecule has 2 amide bonds. The van der Waals surface area contributed by atoms with Crippen molar-refractivity contribution in [3.63, 3.8) is 0 Å². The van der Waals surface area contributed by atoms with Gasteiger partial charge in [-0.2, -0.15) is 0 Å². The molecule has 31 heavy (non-hydrogen) atoms. The van der Waals surface area contributed by atoms with Crippen LogP contribution in [0.25, 0.3) is 0 Å². The lowest BCUT2D eigenvalue weighted by Gasteiger charge is -2.35. The first-order chi connectivity index (χ1) is 14.9. The average Bonchev–Trinajstić information content (AvgIpc) is 2.80. The van der Waals surface area contributed by atoms with Gasteiger partial charge >= 0.3 is 0 Å². The Kier molecular flexibility index (Phi) is 7.39. The second kappa shape index (κ2) is 10.2. The highest BCUT2D eigenvalue weighted by Crippen LogP contribution is 2.28. The van der Waals surface area contributed by atoms with E-state index in [4.69, 9.17) is 14.2 Å².